The molecule has 147 heavy (non-hydrogen) atoms. The number of nitrogens with zero attached hydrogens (tertiary/aromatic N) is 4. The lowest BCUT2D eigenvalue weighted by Crippen LogP contribution is -2.57. The number of aryl methyl sites for hydroxylation is 1. The third kappa shape index (κ3) is 40.0. The summed E-state index contributed by atoms with van der Waals surface area (Å²) in [5, 5.41) is 131. The van der Waals surface area contributed by atoms with Crippen LogP contribution in [-0.2, 0) is 136 Å². The number of rotatable bonds is 78. The number of nitrogens with two attached hydrogens (primary N) is 1. The molecule has 10 amide bonds. The Balaban J connectivity index is 0.642. The number of ether oxygens (including phenoxy) is 14. The molecule has 0 spiro atoms. The van der Waals surface area contributed by atoms with E-state index in [1.54, 1.807) is 58.0 Å². The number of nitrogens with one attached hydrogen (secondary N) is 7. The first-order valence-electron chi connectivity index (χ1n) is 49.9. The Hall–Kier alpha value is -9.99. The monoisotopic (exact) mass is 2090 g/mol. The fraction of sp³-hybridized carbons (Fsp3) is 0.673. The summed E-state index contributed by atoms with van der Waals surface area (Å²) in [5.74, 6) is -5.65. The maximum absolute atomic E-state index is 15.6. The summed E-state index contributed by atoms with van der Waals surface area (Å²) < 4.78 is 94.6. The van der Waals surface area contributed by atoms with Crippen LogP contribution in [0.2, 0.25) is 0 Å². The number of imide groups is 1. The van der Waals surface area contributed by atoms with Crippen LogP contribution < -0.4 is 48.5 Å². The van der Waals surface area contributed by atoms with Gasteiger partial charge in [-0.3, -0.25) is 48.2 Å². The van der Waals surface area contributed by atoms with Crippen molar-refractivity contribution in [2.24, 2.45) is 11.7 Å². The topological polar surface area (TPSA) is 674 Å². The molecule has 0 radical (unpaired) electrons. The second-order valence-corrected chi connectivity index (χ2v) is 35.9. The van der Waals surface area contributed by atoms with E-state index in [1.807, 2.05) is 0 Å². The number of fused-ring (bicyclic) bond motifs is 5. The number of pyridine rings is 2. The number of aliphatic hydroxyl groups excluding tert-OH is 10. The van der Waals surface area contributed by atoms with Crippen molar-refractivity contribution in [3.8, 4) is 11.4 Å². The highest BCUT2D eigenvalue weighted by molar-refractivity contribution is 6.13. The second-order valence-electron chi connectivity index (χ2n) is 35.9. The number of aromatic nitrogens is 2. The lowest BCUT2D eigenvalue weighted by molar-refractivity contribution is -0.172. The zero-order valence-electron chi connectivity index (χ0n) is 83.9. The van der Waals surface area contributed by atoms with Gasteiger partial charge >= 0.3 is 18.1 Å². The van der Waals surface area contributed by atoms with Crippen molar-refractivity contribution in [2.75, 3.05) is 216 Å². The van der Waals surface area contributed by atoms with E-state index in [9.17, 15) is 98.7 Å². The van der Waals surface area contributed by atoms with Crippen molar-refractivity contribution in [1.82, 2.24) is 51.3 Å². The minimum Gasteiger partial charge on any atom is -0.458 e. The van der Waals surface area contributed by atoms with Crippen LogP contribution in [0.4, 0.5) is 19.7 Å². The van der Waals surface area contributed by atoms with Gasteiger partial charge in [0.25, 0.3) is 17.4 Å². The molecule has 20 N–H and O–H groups in total. The number of carbonyl (C=O) groups excluding carboxylic acids is 10. The molecule has 2 aromatic carbocycles. The molecule has 13 atom stereocenters. The number of aliphatic hydroxyl groups is 11. The summed E-state index contributed by atoms with van der Waals surface area (Å²) in [6.45, 7) is 11.1. The molecule has 4 aliphatic rings. The molecular weight excluding hydrogens is 1940 g/mol. The van der Waals surface area contributed by atoms with Crippen LogP contribution in [0.25, 0.3) is 22.3 Å². The molecule has 0 unspecified atom stereocenters. The highest BCUT2D eigenvalue weighted by Gasteiger charge is 2.47. The summed E-state index contributed by atoms with van der Waals surface area (Å²) in [5.41, 5.74) is 7.06. The molecule has 8 rings (SSSR count). The molecule has 48 nitrogen and oxygen atoms in total. The zero-order valence-corrected chi connectivity index (χ0v) is 83.9. The fourth-order valence-corrected chi connectivity index (χ4v) is 16.5. The quantitative estimate of drug-likeness (QED) is 0.0108. The van der Waals surface area contributed by atoms with Gasteiger partial charge in [0.05, 0.1) is 219 Å². The van der Waals surface area contributed by atoms with Crippen molar-refractivity contribution in [3.63, 3.8) is 0 Å². The van der Waals surface area contributed by atoms with E-state index < -0.39 is 176 Å². The van der Waals surface area contributed by atoms with Crippen molar-refractivity contribution >= 4 is 76.0 Å². The normalized spacial score (nSPS) is 17.0. The first kappa shape index (κ1) is 122. The molecule has 0 fully saturated rings. The maximum Gasteiger partial charge on any atom is 0.407 e. The van der Waals surface area contributed by atoms with Crippen molar-refractivity contribution in [1.29, 1.82) is 0 Å². The van der Waals surface area contributed by atoms with Gasteiger partial charge in [-0.05, 0) is 118 Å². The van der Waals surface area contributed by atoms with Crippen LogP contribution in [0.3, 0.4) is 0 Å². The largest absolute Gasteiger partial charge is 0.458 e. The smallest absolute Gasteiger partial charge is 0.407 e. The van der Waals surface area contributed by atoms with Gasteiger partial charge in [0.2, 0.25) is 29.5 Å². The van der Waals surface area contributed by atoms with Gasteiger partial charge in [0, 0.05) is 92.5 Å². The highest BCUT2D eigenvalue weighted by Crippen LogP contribution is 2.46. The SMILES string of the molecule is CC[C@@]1(O)C(=O)OCc2c1cc1n(c2=O)Cc2c-1nc1cc(F)c(C)c3c1c2[C@@H](NC(=O)OCc1ccc(NC(=O)[C@H](CCCNC(N)=O)NC(=O)[C@@H](NC(=O)[C@H](CCCCNC(=O)CCOCCOCCOCCOCCOCCOCCOCCOCCOCCOCCOCCOCCN(C[C@H](O)[C@@H](O)[C@H](O)[C@H](O)CO)C[C@H](O)[C@@H](O)[C@H](O)[C@H](O)CO)NC(=O)CCCCCN2C(=O)C=CC2=O)C(C)C)cc1)CC3. The van der Waals surface area contributed by atoms with E-state index in [1.165, 1.54) is 27.7 Å². The number of unbranched alkanes of at least 4 members (excludes halogenated alkanes) is 3. The standard InChI is InChI=1S/C98H149FN12O36/c1-5-98(133)68-52-74-86-66(54-111(74)94(129)67(68)60-146-95(98)130)84-70(20-19-65-62(4)69(99)53-73(105-86)83(65)84)107-97(132)147-59-63-15-17-64(18-16-63)103-91(126)72(13-11-25-102-96(100)131)106-93(128)85(61(2)3)108-92(127)71(104-80(119)14-7-6-10-26-110-81(120)21-22-82(110)121)12-8-9-24-101-79(118)23-28-134-30-32-136-34-36-138-38-40-140-42-44-142-46-48-144-50-51-145-49-47-143-45-43-141-41-39-139-37-35-137-33-31-135-29-27-109(55-75(114)87(122)89(124)77(116)57-112)56-76(115)88(123)90(125)78(117)58-113/h15-18,21-22,52-53,61,70-72,75-78,85,87-90,112-117,122-125,133H,5-14,19-20,23-51,54-60H2,1-4H3,(H,101,118)(H,103,126)(H,104,119)(H,106,128)(H,107,132)(H,108,127)(H3,100,102,131)/t70-,71-,72-,75-,76-,77+,78+,85-,87+,88+,89+,90+,98-/m0/s1. The molecular formula is C98H149FN12O36. The van der Waals surface area contributed by atoms with Gasteiger partial charge in [-0.2, -0.15) is 0 Å². The molecule has 4 aromatic rings. The highest BCUT2D eigenvalue weighted by atomic mass is 19.1. The molecule has 49 heteroatoms. The van der Waals surface area contributed by atoms with Crippen molar-refractivity contribution in [3.05, 3.63) is 104 Å². The third-order valence-corrected chi connectivity index (χ3v) is 24.8. The van der Waals surface area contributed by atoms with Gasteiger partial charge in [-0.15, -0.1) is 0 Å². The average molecular weight is 2090 g/mol. The summed E-state index contributed by atoms with van der Waals surface area (Å²) in [4.78, 5) is 153. The minimum absolute atomic E-state index is 0.000219. The van der Waals surface area contributed by atoms with Crippen LogP contribution in [0.5, 0.6) is 0 Å². The number of primary amides is 1. The van der Waals surface area contributed by atoms with Crippen LogP contribution in [-0.4, -0.2) is 413 Å². The Kier molecular flexibility index (Phi) is 54.8. The number of alkyl carbamates (subject to hydrolysis) is 1. The number of anilines is 1. The van der Waals surface area contributed by atoms with Crippen LogP contribution in [0, 0.1) is 18.7 Å². The summed E-state index contributed by atoms with van der Waals surface area (Å²) in [7, 11) is 0. The summed E-state index contributed by atoms with van der Waals surface area (Å²) in [6, 6.07) is 4.02. The summed E-state index contributed by atoms with van der Waals surface area (Å²) >= 11 is 0. The van der Waals surface area contributed by atoms with E-state index in [2.05, 4.69) is 37.2 Å². The second kappa shape index (κ2) is 65.9. The van der Waals surface area contributed by atoms with Gasteiger partial charge in [0.15, 0.2) is 5.60 Å². The number of cyclic esters (lactones) is 1. The van der Waals surface area contributed by atoms with Crippen LogP contribution >= 0.6 is 0 Å². The summed E-state index contributed by atoms with van der Waals surface area (Å²) in [6.07, 6.45) is -10.0. The zero-order chi connectivity index (χ0) is 107. The maximum atomic E-state index is 15.6. The number of esters is 1. The number of benzene rings is 2. The van der Waals surface area contributed by atoms with E-state index in [4.69, 9.17) is 87.2 Å². The Bertz CT molecular complexity index is 4830. The third-order valence-electron chi connectivity index (χ3n) is 24.8. The number of urea groups is 1. The van der Waals surface area contributed by atoms with Crippen LogP contribution in [0.1, 0.15) is 143 Å². The number of amides is 10. The first-order valence-corrected chi connectivity index (χ1v) is 49.9. The van der Waals surface area contributed by atoms with Gasteiger partial charge in [-0.1, -0.05) is 39.3 Å². The number of hydrogen-bond donors (Lipinski definition) is 19. The van der Waals surface area contributed by atoms with Gasteiger partial charge in [0.1, 0.15) is 73.8 Å². The van der Waals surface area contributed by atoms with Gasteiger partial charge < -0.3 is 170 Å². The number of halogens is 1. The molecule has 3 aliphatic heterocycles. The fourth-order valence-electron chi connectivity index (χ4n) is 16.5. The van der Waals surface area contributed by atoms with Crippen LogP contribution in [0.15, 0.2) is 53.3 Å². The molecule has 824 valence electrons. The first-order chi connectivity index (χ1) is 70.7. The van der Waals surface area contributed by atoms with Crippen molar-refractivity contribution < 1.29 is 175 Å². The lowest BCUT2D eigenvalue weighted by atomic mass is 9.81. The molecule has 2 aromatic heterocycles. The molecule has 0 bridgehead atoms. The predicted octanol–water partition coefficient (Wildman–Crippen LogP) is -2.53. The van der Waals surface area contributed by atoms with E-state index in [0.29, 0.717) is 195 Å². The van der Waals surface area contributed by atoms with Gasteiger partial charge in [-0.25, -0.2) is 23.8 Å². The predicted molar refractivity (Wildman–Crippen MR) is 520 cm³/mol. The van der Waals surface area contributed by atoms with E-state index >= 15 is 4.39 Å². The lowest BCUT2D eigenvalue weighted by Gasteiger charge is -2.33. The Morgan fingerprint density at radius 1 is 0.565 bits per heavy atom. The molecule has 0 saturated carbocycles. The average Bonchev–Trinajstić information content (AvgIpc) is 1.55. The van der Waals surface area contributed by atoms with Crippen molar-refractivity contribution in [2.45, 2.75) is 210 Å². The van der Waals surface area contributed by atoms with E-state index in [0.717, 1.165) is 4.90 Å². The Morgan fingerprint density at radius 3 is 1.57 bits per heavy atom. The number of hydrogen-bond acceptors (Lipinski definition) is 38. The Labute approximate surface area is 851 Å². The molecule has 1 aliphatic carbocycles. The number of carbonyl (C=O) groups is 10. The molecule has 0 saturated heterocycles. The molecule has 5 heterocycles. The Morgan fingerprint density at radius 2 is 1.06 bits per heavy atom. The minimum atomic E-state index is -2.09. The van der Waals surface area contributed by atoms with E-state index in [-0.39, 0.29) is 166 Å².